The molecular weight excluding hydrogens is 362 g/mol. The summed E-state index contributed by atoms with van der Waals surface area (Å²) in [6.45, 7) is 6.30. The molecule has 0 aliphatic carbocycles. The quantitative estimate of drug-likeness (QED) is 0.707. The number of hydrogen-bond donors (Lipinski definition) is 2. The number of amides is 1. The van der Waals surface area contributed by atoms with Gasteiger partial charge in [-0.15, -0.1) is 0 Å². The Balaban J connectivity index is 1.92. The first-order valence-electron chi connectivity index (χ1n) is 8.15. The molecule has 0 bridgehead atoms. The van der Waals surface area contributed by atoms with Gasteiger partial charge in [-0.1, -0.05) is 49.2 Å². The number of quaternary nitrogens is 1. The second-order valence-electron chi connectivity index (χ2n) is 6.34. The van der Waals surface area contributed by atoms with E-state index in [2.05, 4.69) is 19.2 Å². The molecule has 0 saturated heterocycles. The van der Waals surface area contributed by atoms with Crippen LogP contribution in [-0.4, -0.2) is 12.5 Å². The van der Waals surface area contributed by atoms with Gasteiger partial charge < -0.3 is 10.6 Å². The molecule has 3 N–H and O–H groups in total. The van der Waals surface area contributed by atoms with E-state index >= 15 is 0 Å². The minimum atomic E-state index is -0.518. The summed E-state index contributed by atoms with van der Waals surface area (Å²) >= 11 is 11.8. The van der Waals surface area contributed by atoms with Crippen LogP contribution in [0, 0.1) is 5.82 Å². The largest absolute Gasteiger partial charge is 0.332 e. The molecule has 2 aromatic carbocycles. The molecule has 6 heteroatoms. The average molecular weight is 384 g/mol. The van der Waals surface area contributed by atoms with Gasteiger partial charge in [0.25, 0.3) is 5.91 Å². The van der Waals surface area contributed by atoms with Crippen molar-refractivity contribution < 1.29 is 14.5 Å². The zero-order chi connectivity index (χ0) is 18.6. The molecule has 134 valence electrons. The normalized spacial score (nSPS) is 12.3. The summed E-state index contributed by atoms with van der Waals surface area (Å²) in [5, 5.41) is 5.03. The maximum Gasteiger partial charge on any atom is 0.279 e. The molecule has 0 unspecified atom stereocenters. The highest BCUT2D eigenvalue weighted by atomic mass is 35.5. The monoisotopic (exact) mass is 383 g/mol. The standard InChI is InChI=1S/C19H21Cl2FN2O/c1-11(2)13-4-6-14(7-5-13)24-19(25)10-23-12(3)15-8-18(22)17(21)9-16(15)20/h4-9,11-12,23H,10H2,1-3H3,(H,24,25)/p+1/t12-/m1/s1. The highest BCUT2D eigenvalue weighted by Gasteiger charge is 2.17. The first kappa shape index (κ1) is 19.7. The molecule has 0 aliphatic heterocycles. The van der Waals surface area contributed by atoms with E-state index in [0.717, 1.165) is 5.69 Å². The predicted molar refractivity (Wildman–Crippen MR) is 101 cm³/mol. The molecule has 0 heterocycles. The zero-order valence-corrected chi connectivity index (χ0v) is 16.0. The summed E-state index contributed by atoms with van der Waals surface area (Å²) in [7, 11) is 0. The highest BCUT2D eigenvalue weighted by Crippen LogP contribution is 2.27. The Hall–Kier alpha value is -1.62. The molecule has 2 rings (SSSR count). The number of halogens is 3. The molecule has 0 aromatic heterocycles. The summed E-state index contributed by atoms with van der Waals surface area (Å²) in [4.78, 5) is 12.1. The number of carbonyl (C=O) groups is 1. The van der Waals surface area contributed by atoms with E-state index < -0.39 is 5.82 Å². The third kappa shape index (κ3) is 5.43. The van der Waals surface area contributed by atoms with Gasteiger partial charge >= 0.3 is 0 Å². The van der Waals surface area contributed by atoms with Crippen molar-refractivity contribution in [2.24, 2.45) is 0 Å². The van der Waals surface area contributed by atoms with E-state index in [4.69, 9.17) is 23.2 Å². The van der Waals surface area contributed by atoms with Crippen LogP contribution in [0.25, 0.3) is 0 Å². The van der Waals surface area contributed by atoms with Gasteiger partial charge in [0.05, 0.1) is 10.0 Å². The molecule has 0 radical (unpaired) electrons. The summed E-state index contributed by atoms with van der Waals surface area (Å²) in [6.07, 6.45) is 0. The summed E-state index contributed by atoms with van der Waals surface area (Å²) in [5.41, 5.74) is 2.58. The fourth-order valence-corrected chi connectivity index (χ4v) is 3.02. The van der Waals surface area contributed by atoms with E-state index in [-0.39, 0.29) is 23.5 Å². The van der Waals surface area contributed by atoms with Crippen LogP contribution in [0.5, 0.6) is 0 Å². The average Bonchev–Trinajstić information content (AvgIpc) is 2.56. The Morgan fingerprint density at radius 2 is 1.76 bits per heavy atom. The summed E-state index contributed by atoms with van der Waals surface area (Å²) in [6, 6.07) is 10.3. The number of carbonyl (C=O) groups excluding carboxylic acids is 1. The van der Waals surface area contributed by atoms with Gasteiger partial charge in [0.1, 0.15) is 11.9 Å². The van der Waals surface area contributed by atoms with Crippen LogP contribution in [0.1, 0.15) is 43.9 Å². The van der Waals surface area contributed by atoms with Gasteiger partial charge in [0, 0.05) is 11.3 Å². The number of anilines is 1. The third-order valence-corrected chi connectivity index (χ3v) is 4.67. The number of nitrogens with one attached hydrogen (secondary N) is 1. The summed E-state index contributed by atoms with van der Waals surface area (Å²) in [5.74, 6) is -0.200. The van der Waals surface area contributed by atoms with Gasteiger partial charge in [0.2, 0.25) is 0 Å². The van der Waals surface area contributed by atoms with Crippen molar-refractivity contribution in [2.75, 3.05) is 11.9 Å². The second-order valence-corrected chi connectivity index (χ2v) is 7.16. The molecule has 3 nitrogen and oxygen atoms in total. The minimum Gasteiger partial charge on any atom is -0.332 e. The molecule has 1 amide bonds. The maximum atomic E-state index is 13.6. The van der Waals surface area contributed by atoms with E-state index in [1.54, 1.807) is 5.32 Å². The van der Waals surface area contributed by atoms with E-state index in [1.165, 1.54) is 17.7 Å². The first-order chi connectivity index (χ1) is 11.8. The van der Waals surface area contributed by atoms with Crippen molar-refractivity contribution in [3.63, 3.8) is 0 Å². The predicted octanol–water partition coefficient (Wildman–Crippen LogP) is 4.52. The maximum absolute atomic E-state index is 13.6. The van der Waals surface area contributed by atoms with Gasteiger partial charge in [-0.3, -0.25) is 4.79 Å². The van der Waals surface area contributed by atoms with Crippen molar-refractivity contribution in [2.45, 2.75) is 32.7 Å². The molecule has 2 aromatic rings. The first-order valence-corrected chi connectivity index (χ1v) is 8.91. The van der Waals surface area contributed by atoms with Crippen molar-refractivity contribution >= 4 is 34.8 Å². The molecule has 0 aliphatic rings. The second kappa shape index (κ2) is 8.65. The highest BCUT2D eigenvalue weighted by molar-refractivity contribution is 6.35. The van der Waals surface area contributed by atoms with Crippen molar-refractivity contribution in [3.8, 4) is 0 Å². The van der Waals surface area contributed by atoms with Gasteiger partial charge in [-0.25, -0.2) is 4.39 Å². The topological polar surface area (TPSA) is 45.7 Å². The summed E-state index contributed by atoms with van der Waals surface area (Å²) < 4.78 is 13.6. The lowest BCUT2D eigenvalue weighted by molar-refractivity contribution is -0.682. The van der Waals surface area contributed by atoms with Crippen LogP contribution >= 0.6 is 23.2 Å². The van der Waals surface area contributed by atoms with Crippen molar-refractivity contribution in [3.05, 3.63) is 63.4 Å². The zero-order valence-electron chi connectivity index (χ0n) is 14.4. The lowest BCUT2D eigenvalue weighted by Crippen LogP contribution is -2.86. The number of benzene rings is 2. The molecule has 1 atom stereocenters. The molecule has 25 heavy (non-hydrogen) atoms. The lowest BCUT2D eigenvalue weighted by atomic mass is 10.0. The lowest BCUT2D eigenvalue weighted by Gasteiger charge is -2.13. The smallest absolute Gasteiger partial charge is 0.279 e. The van der Waals surface area contributed by atoms with E-state index in [1.807, 2.05) is 31.2 Å². The van der Waals surface area contributed by atoms with Gasteiger partial charge in [0.15, 0.2) is 6.54 Å². The Kier molecular flexibility index (Phi) is 6.82. The van der Waals surface area contributed by atoms with Crippen molar-refractivity contribution in [1.82, 2.24) is 0 Å². The Labute approximate surface area is 157 Å². The Bertz CT molecular complexity index is 748. The SMILES string of the molecule is CC(C)c1ccc(NC(=O)C[NH2+][C@H](C)c2cc(F)c(Cl)cc2Cl)cc1. The fraction of sp³-hybridized carbons (Fsp3) is 0.316. The van der Waals surface area contributed by atoms with Crippen LogP contribution in [0.4, 0.5) is 10.1 Å². The number of nitrogens with two attached hydrogens (primary N) is 1. The van der Waals surface area contributed by atoms with Gasteiger partial charge in [-0.2, -0.15) is 0 Å². The molecule has 0 fully saturated rings. The Morgan fingerprint density at radius 3 is 2.36 bits per heavy atom. The fourth-order valence-electron chi connectivity index (χ4n) is 2.46. The van der Waals surface area contributed by atoms with E-state index in [0.29, 0.717) is 16.5 Å². The molecule has 0 spiro atoms. The number of hydrogen-bond acceptors (Lipinski definition) is 1. The van der Waals surface area contributed by atoms with Crippen molar-refractivity contribution in [1.29, 1.82) is 0 Å². The minimum absolute atomic E-state index is 0.0106. The number of rotatable bonds is 6. The molecule has 0 saturated carbocycles. The van der Waals surface area contributed by atoms with E-state index in [9.17, 15) is 9.18 Å². The van der Waals surface area contributed by atoms with Crippen LogP contribution in [0.3, 0.4) is 0 Å². The van der Waals surface area contributed by atoms with Crippen LogP contribution in [0.15, 0.2) is 36.4 Å². The third-order valence-electron chi connectivity index (χ3n) is 4.05. The molecular formula is C19H22Cl2FN2O+. The van der Waals surface area contributed by atoms with Gasteiger partial charge in [-0.05, 0) is 42.7 Å². The van der Waals surface area contributed by atoms with Crippen LogP contribution in [-0.2, 0) is 4.79 Å². The Morgan fingerprint density at radius 1 is 1.12 bits per heavy atom. The van der Waals surface area contributed by atoms with Crippen LogP contribution in [0.2, 0.25) is 10.0 Å². The van der Waals surface area contributed by atoms with Crippen LogP contribution < -0.4 is 10.6 Å².